The van der Waals surface area contributed by atoms with Crippen LogP contribution in [0.25, 0.3) is 0 Å². The quantitative estimate of drug-likeness (QED) is 0.0214. The van der Waals surface area contributed by atoms with Gasteiger partial charge in [0.05, 0.1) is 34.4 Å². The van der Waals surface area contributed by atoms with Crippen molar-refractivity contribution in [2.45, 2.75) is 251 Å². The lowest BCUT2D eigenvalue weighted by atomic mass is 10.0. The van der Waals surface area contributed by atoms with Crippen LogP contribution in [0.3, 0.4) is 0 Å². The van der Waals surface area contributed by atoms with Crippen LogP contribution in [0.15, 0.2) is 36.5 Å². The molecule has 0 aliphatic heterocycles. The van der Waals surface area contributed by atoms with Gasteiger partial charge in [-0.1, -0.05) is 230 Å². The Balaban J connectivity index is 4.08. The van der Waals surface area contributed by atoms with Crippen molar-refractivity contribution >= 4 is 13.8 Å². The number of phosphoric ester groups is 1. The summed E-state index contributed by atoms with van der Waals surface area (Å²) < 4.78 is 35.2. The minimum Gasteiger partial charge on any atom is -0.457 e. The summed E-state index contributed by atoms with van der Waals surface area (Å²) in [5, 5.41) is 0. The van der Waals surface area contributed by atoms with Crippen LogP contribution in [0.5, 0.6) is 0 Å². The monoisotopic (exact) mass is 911 g/mol. The van der Waals surface area contributed by atoms with Gasteiger partial charge in [-0.2, -0.15) is 0 Å². The van der Waals surface area contributed by atoms with E-state index in [-0.39, 0.29) is 25.8 Å². The number of ether oxygens (including phenoxy) is 2. The van der Waals surface area contributed by atoms with Gasteiger partial charge in [-0.3, -0.25) is 13.8 Å². The first kappa shape index (κ1) is 61.7. The van der Waals surface area contributed by atoms with E-state index in [9.17, 15) is 14.3 Å². The van der Waals surface area contributed by atoms with Crippen LogP contribution in [0.4, 0.5) is 0 Å². The SMILES string of the molecule is CC/C=C\C/C=C\C/C=C\CCCCCCCCCCOCC(COP(=O)(O)OCC[N+](C)(C)C)OC(=O)CCCCCCCCCCCCCCCCCCCCCCCCC. The van der Waals surface area contributed by atoms with Gasteiger partial charge in [0.1, 0.15) is 19.3 Å². The van der Waals surface area contributed by atoms with Crippen LogP contribution >= 0.6 is 7.82 Å². The van der Waals surface area contributed by atoms with Crippen molar-refractivity contribution in [3.8, 4) is 0 Å². The maximum atomic E-state index is 12.8. The fourth-order valence-electron chi connectivity index (χ4n) is 7.63. The van der Waals surface area contributed by atoms with E-state index in [0.29, 0.717) is 24.1 Å². The second-order valence-corrected chi connectivity index (χ2v) is 20.7. The number of nitrogens with zero attached hydrogens (tertiary/aromatic N) is 1. The molecule has 0 amide bonds. The largest absolute Gasteiger partial charge is 0.472 e. The summed E-state index contributed by atoms with van der Waals surface area (Å²) in [5.41, 5.74) is 0. The lowest BCUT2D eigenvalue weighted by molar-refractivity contribution is -0.870. The third-order valence-electron chi connectivity index (χ3n) is 11.7. The number of rotatable bonds is 50. The van der Waals surface area contributed by atoms with Crippen molar-refractivity contribution < 1.29 is 37.3 Å². The van der Waals surface area contributed by atoms with Crippen molar-refractivity contribution in [1.82, 2.24) is 0 Å². The maximum absolute atomic E-state index is 12.8. The number of carbonyl (C=O) groups is 1. The smallest absolute Gasteiger partial charge is 0.457 e. The zero-order valence-corrected chi connectivity index (χ0v) is 43.2. The number of quaternary nitrogens is 1. The molecule has 372 valence electrons. The molecule has 0 saturated heterocycles. The number of hydrogen-bond donors (Lipinski definition) is 1. The topological polar surface area (TPSA) is 91.3 Å². The summed E-state index contributed by atoms with van der Waals surface area (Å²) in [5.74, 6) is -0.311. The fourth-order valence-corrected chi connectivity index (χ4v) is 8.37. The summed E-state index contributed by atoms with van der Waals surface area (Å²) in [6.45, 7) is 5.54. The van der Waals surface area contributed by atoms with Gasteiger partial charge in [0.15, 0.2) is 0 Å². The Hall–Kier alpha value is -1.28. The Labute approximate surface area is 391 Å². The standard InChI is InChI=1S/C54H104NO7P/c1-6-8-10-12-14-16-18-20-22-24-26-27-28-29-30-31-33-35-37-39-41-43-45-47-54(56)62-53(52-61-63(57,58)60-50-48-55(3,4)5)51-59-49-46-44-42-40-38-36-34-32-25-23-21-19-17-15-13-11-9-7-2/h9,11,15,17,21,23,53H,6-8,10,12-14,16,18-20,22,24-52H2,1-5H3/p+1/b11-9-,17-15-,23-21-. The highest BCUT2D eigenvalue weighted by molar-refractivity contribution is 7.47. The van der Waals surface area contributed by atoms with Gasteiger partial charge in [-0.05, 0) is 44.9 Å². The van der Waals surface area contributed by atoms with E-state index in [1.807, 2.05) is 21.1 Å². The number of phosphoric acid groups is 1. The molecule has 0 radical (unpaired) electrons. The second kappa shape index (κ2) is 47.2. The van der Waals surface area contributed by atoms with E-state index in [0.717, 1.165) is 51.4 Å². The molecule has 0 aromatic heterocycles. The molecule has 0 aliphatic carbocycles. The molecule has 0 heterocycles. The van der Waals surface area contributed by atoms with Crippen molar-refractivity contribution in [1.29, 1.82) is 0 Å². The minimum absolute atomic E-state index is 0.0882. The zero-order chi connectivity index (χ0) is 46.2. The first-order valence-corrected chi connectivity index (χ1v) is 28.2. The number of carbonyl (C=O) groups excluding carboxylic acids is 1. The van der Waals surface area contributed by atoms with E-state index in [1.165, 1.54) is 173 Å². The fraction of sp³-hybridized carbons (Fsp3) is 0.870. The summed E-state index contributed by atoms with van der Waals surface area (Å²) >= 11 is 0. The van der Waals surface area contributed by atoms with Crippen LogP contribution in [0, 0.1) is 0 Å². The van der Waals surface area contributed by atoms with Crippen LogP contribution < -0.4 is 0 Å². The molecular weight excluding hydrogens is 806 g/mol. The van der Waals surface area contributed by atoms with E-state index in [2.05, 4.69) is 50.3 Å². The molecule has 1 N–H and O–H groups in total. The predicted molar refractivity (Wildman–Crippen MR) is 270 cm³/mol. The first-order chi connectivity index (χ1) is 30.6. The van der Waals surface area contributed by atoms with Gasteiger partial charge in [0.25, 0.3) is 0 Å². The Kier molecular flexibility index (Phi) is 46.3. The molecular formula is C54H105NO7P+. The molecule has 2 atom stereocenters. The maximum Gasteiger partial charge on any atom is 0.472 e. The molecule has 0 saturated carbocycles. The molecule has 9 heteroatoms. The molecule has 0 aliphatic rings. The van der Waals surface area contributed by atoms with Crippen LogP contribution in [-0.4, -0.2) is 75.6 Å². The van der Waals surface area contributed by atoms with E-state index < -0.39 is 13.9 Å². The molecule has 0 aromatic rings. The van der Waals surface area contributed by atoms with Crippen LogP contribution in [0.2, 0.25) is 0 Å². The number of likely N-dealkylation sites (N-methyl/N-ethyl adjacent to an activating group) is 1. The van der Waals surface area contributed by atoms with Crippen molar-refractivity contribution in [3.05, 3.63) is 36.5 Å². The molecule has 2 unspecified atom stereocenters. The summed E-state index contributed by atoms with van der Waals surface area (Å²) in [6.07, 6.45) is 57.7. The van der Waals surface area contributed by atoms with Crippen LogP contribution in [0.1, 0.15) is 245 Å². The Morgan fingerprint density at radius 1 is 0.508 bits per heavy atom. The van der Waals surface area contributed by atoms with Gasteiger partial charge in [0.2, 0.25) is 0 Å². The van der Waals surface area contributed by atoms with Gasteiger partial charge >= 0.3 is 13.8 Å². The van der Waals surface area contributed by atoms with Crippen molar-refractivity contribution in [2.75, 3.05) is 54.1 Å². The van der Waals surface area contributed by atoms with Crippen molar-refractivity contribution in [2.24, 2.45) is 0 Å². The first-order valence-electron chi connectivity index (χ1n) is 26.7. The lowest BCUT2D eigenvalue weighted by Crippen LogP contribution is -2.37. The van der Waals surface area contributed by atoms with Gasteiger partial charge < -0.3 is 18.9 Å². The highest BCUT2D eigenvalue weighted by Crippen LogP contribution is 2.43. The van der Waals surface area contributed by atoms with E-state index >= 15 is 0 Å². The average molecular weight is 911 g/mol. The number of esters is 1. The molecule has 0 rings (SSSR count). The number of hydrogen-bond acceptors (Lipinski definition) is 6. The minimum atomic E-state index is -4.28. The highest BCUT2D eigenvalue weighted by atomic mass is 31.2. The average Bonchev–Trinajstić information content (AvgIpc) is 3.24. The third-order valence-corrected chi connectivity index (χ3v) is 12.7. The normalized spacial score (nSPS) is 13.8. The van der Waals surface area contributed by atoms with Gasteiger partial charge in [0, 0.05) is 13.0 Å². The summed E-state index contributed by atoms with van der Waals surface area (Å²) in [4.78, 5) is 23.0. The number of allylic oxidation sites excluding steroid dienone is 6. The molecule has 8 nitrogen and oxygen atoms in total. The molecule has 0 bridgehead atoms. The summed E-state index contributed by atoms with van der Waals surface area (Å²) in [7, 11) is 1.67. The lowest BCUT2D eigenvalue weighted by Gasteiger charge is -2.24. The molecule has 0 spiro atoms. The third kappa shape index (κ3) is 51.6. The summed E-state index contributed by atoms with van der Waals surface area (Å²) in [6, 6.07) is 0. The Morgan fingerprint density at radius 2 is 0.921 bits per heavy atom. The Morgan fingerprint density at radius 3 is 1.38 bits per heavy atom. The zero-order valence-electron chi connectivity index (χ0n) is 42.3. The second-order valence-electron chi connectivity index (χ2n) is 19.2. The van der Waals surface area contributed by atoms with Crippen LogP contribution in [-0.2, 0) is 27.9 Å². The van der Waals surface area contributed by atoms with Crippen molar-refractivity contribution in [3.63, 3.8) is 0 Å². The van der Waals surface area contributed by atoms with Gasteiger partial charge in [-0.25, -0.2) is 4.57 Å². The number of unbranched alkanes of at least 4 members (excludes halogenated alkanes) is 30. The molecule has 0 aromatic carbocycles. The van der Waals surface area contributed by atoms with Gasteiger partial charge in [-0.15, -0.1) is 0 Å². The molecule has 63 heavy (non-hydrogen) atoms. The van der Waals surface area contributed by atoms with E-state index in [1.54, 1.807) is 0 Å². The predicted octanol–water partition coefficient (Wildman–Crippen LogP) is 16.5. The molecule has 0 fully saturated rings. The highest BCUT2D eigenvalue weighted by Gasteiger charge is 2.26. The van der Waals surface area contributed by atoms with E-state index in [4.69, 9.17) is 18.5 Å². The Bertz CT molecular complexity index is 1100.